The number of carbonyl (C=O) groups excluding carboxylic acids is 1. The quantitative estimate of drug-likeness (QED) is 0.918. The normalized spacial score (nSPS) is 15.6. The second-order valence-electron chi connectivity index (χ2n) is 4.28. The first-order valence-electron chi connectivity index (χ1n) is 6.01. The molecule has 1 fully saturated rings. The summed E-state index contributed by atoms with van der Waals surface area (Å²) in [5.74, 6) is 0.974. The molecule has 98 valence electrons. The largest absolute Gasteiger partial charge is 0.496 e. The zero-order valence-electron chi connectivity index (χ0n) is 10.4. The summed E-state index contributed by atoms with van der Waals surface area (Å²) in [5, 5.41) is 3.24. The molecule has 1 aromatic carbocycles. The summed E-state index contributed by atoms with van der Waals surface area (Å²) in [7, 11) is 1.63. The fourth-order valence-electron chi connectivity index (χ4n) is 2.02. The van der Waals surface area contributed by atoms with E-state index in [1.807, 2.05) is 23.1 Å². The predicted octanol–water partition coefficient (Wildman–Crippen LogP) is 1.43. The Balaban J connectivity index is 2.00. The second kappa shape index (κ2) is 6.20. The Morgan fingerprint density at radius 2 is 2.17 bits per heavy atom. The van der Waals surface area contributed by atoms with Gasteiger partial charge in [0.15, 0.2) is 0 Å². The molecule has 1 heterocycles. The van der Waals surface area contributed by atoms with Gasteiger partial charge in [0.1, 0.15) is 5.75 Å². The van der Waals surface area contributed by atoms with Crippen molar-refractivity contribution in [3.63, 3.8) is 0 Å². The third-order valence-corrected chi connectivity index (χ3v) is 3.66. The molecular weight excluding hydrogens is 296 g/mol. The molecule has 2 rings (SSSR count). The van der Waals surface area contributed by atoms with Crippen LogP contribution in [0.25, 0.3) is 0 Å². The van der Waals surface area contributed by atoms with Gasteiger partial charge in [0.2, 0.25) is 5.91 Å². The summed E-state index contributed by atoms with van der Waals surface area (Å²) in [6.45, 7) is 3.38. The molecule has 1 amide bonds. The number of rotatable bonds is 3. The first kappa shape index (κ1) is 13.4. The van der Waals surface area contributed by atoms with Crippen molar-refractivity contribution in [1.29, 1.82) is 0 Å². The Morgan fingerprint density at radius 3 is 2.78 bits per heavy atom. The molecular formula is C13H17BrN2O2. The number of benzene rings is 1. The van der Waals surface area contributed by atoms with Crippen LogP contribution in [0.1, 0.15) is 5.56 Å². The highest BCUT2D eigenvalue weighted by Gasteiger charge is 2.16. The summed E-state index contributed by atoms with van der Waals surface area (Å²) >= 11 is 3.43. The number of halogens is 1. The lowest BCUT2D eigenvalue weighted by atomic mass is 10.1. The minimum absolute atomic E-state index is 0.188. The molecule has 0 radical (unpaired) electrons. The molecule has 0 aliphatic carbocycles. The lowest BCUT2D eigenvalue weighted by Crippen LogP contribution is -2.46. The van der Waals surface area contributed by atoms with Gasteiger partial charge in [-0.05, 0) is 33.6 Å². The minimum atomic E-state index is 0.188. The highest BCUT2D eigenvalue weighted by Crippen LogP contribution is 2.25. The molecule has 1 saturated heterocycles. The lowest BCUT2D eigenvalue weighted by Gasteiger charge is -2.27. The maximum atomic E-state index is 12.1. The van der Waals surface area contributed by atoms with Crippen LogP contribution in [-0.4, -0.2) is 44.1 Å². The number of nitrogens with zero attached hydrogens (tertiary/aromatic N) is 1. The number of amides is 1. The van der Waals surface area contributed by atoms with Crippen LogP contribution in [0.2, 0.25) is 0 Å². The molecule has 1 aromatic rings. The molecule has 1 aliphatic rings. The van der Waals surface area contributed by atoms with Crippen LogP contribution in [0.15, 0.2) is 22.7 Å². The Hall–Kier alpha value is -1.07. The van der Waals surface area contributed by atoms with Gasteiger partial charge in [0.25, 0.3) is 0 Å². The van der Waals surface area contributed by atoms with Crippen LogP contribution < -0.4 is 10.1 Å². The molecule has 0 atom stereocenters. The number of ether oxygens (including phenoxy) is 1. The Morgan fingerprint density at radius 1 is 1.44 bits per heavy atom. The molecule has 5 heteroatoms. The monoisotopic (exact) mass is 312 g/mol. The maximum Gasteiger partial charge on any atom is 0.227 e. The van der Waals surface area contributed by atoms with Crippen molar-refractivity contribution in [2.75, 3.05) is 33.3 Å². The Kier molecular flexibility index (Phi) is 4.60. The number of methoxy groups -OCH3 is 1. The highest BCUT2D eigenvalue weighted by atomic mass is 79.9. The minimum Gasteiger partial charge on any atom is -0.496 e. The van der Waals surface area contributed by atoms with E-state index in [2.05, 4.69) is 21.2 Å². The van der Waals surface area contributed by atoms with Crippen molar-refractivity contribution in [1.82, 2.24) is 10.2 Å². The molecule has 0 bridgehead atoms. The zero-order chi connectivity index (χ0) is 13.0. The second-order valence-corrected chi connectivity index (χ2v) is 5.13. The van der Waals surface area contributed by atoms with E-state index in [1.165, 1.54) is 0 Å². The van der Waals surface area contributed by atoms with Crippen LogP contribution in [0.4, 0.5) is 0 Å². The van der Waals surface area contributed by atoms with Gasteiger partial charge in [-0.25, -0.2) is 0 Å². The number of carbonyl (C=O) groups is 1. The summed E-state index contributed by atoms with van der Waals surface area (Å²) in [5.41, 5.74) is 1.01. The van der Waals surface area contributed by atoms with E-state index >= 15 is 0 Å². The topological polar surface area (TPSA) is 41.6 Å². The van der Waals surface area contributed by atoms with E-state index in [9.17, 15) is 4.79 Å². The fraction of sp³-hybridized carbons (Fsp3) is 0.462. The zero-order valence-corrected chi connectivity index (χ0v) is 12.0. The third kappa shape index (κ3) is 3.23. The van der Waals surface area contributed by atoms with Gasteiger partial charge < -0.3 is 15.0 Å². The van der Waals surface area contributed by atoms with E-state index in [0.717, 1.165) is 42.0 Å². The molecule has 0 unspecified atom stereocenters. The number of hydrogen-bond donors (Lipinski definition) is 1. The van der Waals surface area contributed by atoms with Crippen molar-refractivity contribution in [2.24, 2.45) is 0 Å². The third-order valence-electron chi connectivity index (χ3n) is 3.04. The SMILES string of the molecule is COc1ccc(CC(=O)N2CCNCC2)cc1Br. The van der Waals surface area contributed by atoms with Gasteiger partial charge in [-0.15, -0.1) is 0 Å². The van der Waals surface area contributed by atoms with Gasteiger partial charge in [0.05, 0.1) is 18.0 Å². The molecule has 1 aliphatic heterocycles. The predicted molar refractivity (Wildman–Crippen MR) is 73.8 cm³/mol. The molecule has 0 aromatic heterocycles. The average molecular weight is 313 g/mol. The molecule has 0 spiro atoms. The maximum absolute atomic E-state index is 12.1. The summed E-state index contributed by atoms with van der Waals surface area (Å²) < 4.78 is 6.06. The van der Waals surface area contributed by atoms with Gasteiger partial charge in [-0.3, -0.25) is 4.79 Å². The first-order chi connectivity index (χ1) is 8.70. The summed E-state index contributed by atoms with van der Waals surface area (Å²) in [4.78, 5) is 14.0. The van der Waals surface area contributed by atoms with Crippen LogP contribution >= 0.6 is 15.9 Å². The smallest absolute Gasteiger partial charge is 0.227 e. The van der Waals surface area contributed by atoms with E-state index < -0.39 is 0 Å². The van der Waals surface area contributed by atoms with Crippen LogP contribution in [0.3, 0.4) is 0 Å². The number of hydrogen-bond acceptors (Lipinski definition) is 3. The summed E-state index contributed by atoms with van der Waals surface area (Å²) in [6.07, 6.45) is 0.447. The Labute approximate surface area is 115 Å². The Bertz CT molecular complexity index is 431. The molecule has 0 saturated carbocycles. The van der Waals surface area contributed by atoms with E-state index in [1.54, 1.807) is 7.11 Å². The average Bonchev–Trinajstić information content (AvgIpc) is 2.40. The molecule has 1 N–H and O–H groups in total. The van der Waals surface area contributed by atoms with Crippen molar-refractivity contribution in [3.05, 3.63) is 28.2 Å². The highest BCUT2D eigenvalue weighted by molar-refractivity contribution is 9.10. The first-order valence-corrected chi connectivity index (χ1v) is 6.81. The van der Waals surface area contributed by atoms with Gasteiger partial charge >= 0.3 is 0 Å². The summed E-state index contributed by atoms with van der Waals surface area (Å²) in [6, 6.07) is 5.76. The standard InChI is InChI=1S/C13H17BrN2O2/c1-18-12-3-2-10(8-11(12)14)9-13(17)16-6-4-15-5-7-16/h2-3,8,15H,4-7,9H2,1H3. The van der Waals surface area contributed by atoms with Gasteiger partial charge in [-0.1, -0.05) is 6.07 Å². The number of nitrogens with one attached hydrogen (secondary N) is 1. The fourth-order valence-corrected chi connectivity index (χ4v) is 2.61. The van der Waals surface area contributed by atoms with Gasteiger partial charge in [0, 0.05) is 26.2 Å². The van der Waals surface area contributed by atoms with E-state index in [-0.39, 0.29) is 5.91 Å². The molecule has 18 heavy (non-hydrogen) atoms. The van der Waals surface area contributed by atoms with Crippen molar-refractivity contribution >= 4 is 21.8 Å². The van der Waals surface area contributed by atoms with Crippen molar-refractivity contribution in [2.45, 2.75) is 6.42 Å². The van der Waals surface area contributed by atoms with E-state index in [0.29, 0.717) is 6.42 Å². The van der Waals surface area contributed by atoms with Crippen LogP contribution in [0, 0.1) is 0 Å². The number of piperazine rings is 1. The lowest BCUT2D eigenvalue weighted by molar-refractivity contribution is -0.131. The van der Waals surface area contributed by atoms with Crippen molar-refractivity contribution in [3.8, 4) is 5.75 Å². The van der Waals surface area contributed by atoms with Gasteiger partial charge in [-0.2, -0.15) is 0 Å². The molecule has 4 nitrogen and oxygen atoms in total. The van der Waals surface area contributed by atoms with Crippen LogP contribution in [-0.2, 0) is 11.2 Å². The van der Waals surface area contributed by atoms with E-state index in [4.69, 9.17) is 4.74 Å². The van der Waals surface area contributed by atoms with Crippen LogP contribution in [0.5, 0.6) is 5.75 Å². The van der Waals surface area contributed by atoms with Crippen molar-refractivity contribution < 1.29 is 9.53 Å².